The molecule has 0 saturated carbocycles. The normalized spacial score (nSPS) is 19.6. The molecule has 0 aromatic heterocycles. The number of rotatable bonds is 2. The Morgan fingerprint density at radius 3 is 2.33 bits per heavy atom. The molecule has 1 aromatic rings. The van der Waals surface area contributed by atoms with Crippen molar-refractivity contribution in [2.75, 3.05) is 32.4 Å². The van der Waals surface area contributed by atoms with Crippen molar-refractivity contribution in [1.29, 1.82) is 0 Å². The number of fused-ring (bicyclic) bond motifs is 1. The lowest BCUT2D eigenvalue weighted by Gasteiger charge is -2.23. The number of carbonyl (C=O) groups excluding carboxylic acids is 1. The zero-order valence-electron chi connectivity index (χ0n) is 14.0. The molecule has 24 heavy (non-hydrogen) atoms. The Morgan fingerprint density at radius 2 is 1.67 bits per heavy atom. The molecule has 1 amide bonds. The quantitative estimate of drug-likeness (QED) is 0.872. The number of hydrogen-bond acceptors (Lipinski definition) is 4. The second-order valence-electron chi connectivity index (χ2n) is 6.65. The van der Waals surface area contributed by atoms with Crippen LogP contribution in [0.3, 0.4) is 0 Å². The first-order valence-corrected chi connectivity index (χ1v) is 10.3. The van der Waals surface area contributed by atoms with Gasteiger partial charge in [-0.05, 0) is 55.4 Å². The molecule has 1 heterocycles. The van der Waals surface area contributed by atoms with Crippen molar-refractivity contribution in [3.63, 3.8) is 0 Å². The summed E-state index contributed by atoms with van der Waals surface area (Å²) in [5, 5.41) is 10.3. The number of hydrogen-bond donors (Lipinski definition) is 1. The van der Waals surface area contributed by atoms with E-state index in [1.54, 1.807) is 11.0 Å². The second-order valence-corrected chi connectivity index (χ2v) is 8.64. The minimum absolute atomic E-state index is 0.0323. The van der Waals surface area contributed by atoms with Crippen molar-refractivity contribution in [1.82, 2.24) is 9.21 Å². The maximum atomic E-state index is 12.8. The average Bonchev–Trinajstić information content (AvgIpc) is 2.79. The molecule has 0 unspecified atom stereocenters. The monoisotopic (exact) mass is 352 g/mol. The summed E-state index contributed by atoms with van der Waals surface area (Å²) in [6.07, 6.45) is 5.91. The number of phenols is 1. The molecule has 3 rings (SSSR count). The third-order valence-corrected chi connectivity index (χ3v) is 6.20. The van der Waals surface area contributed by atoms with Gasteiger partial charge in [-0.25, -0.2) is 12.7 Å². The van der Waals surface area contributed by atoms with Crippen LogP contribution in [0.25, 0.3) is 0 Å². The minimum Gasteiger partial charge on any atom is -0.507 e. The van der Waals surface area contributed by atoms with Gasteiger partial charge in [0.1, 0.15) is 5.75 Å². The molecule has 0 spiro atoms. The van der Waals surface area contributed by atoms with Crippen molar-refractivity contribution in [2.24, 2.45) is 0 Å². The van der Waals surface area contributed by atoms with Crippen LogP contribution in [-0.4, -0.2) is 61.1 Å². The number of nitrogens with zero attached hydrogens (tertiary/aromatic N) is 2. The van der Waals surface area contributed by atoms with E-state index in [0.29, 0.717) is 38.2 Å². The van der Waals surface area contributed by atoms with Gasteiger partial charge in [-0.3, -0.25) is 4.79 Å². The summed E-state index contributed by atoms with van der Waals surface area (Å²) in [4.78, 5) is 14.5. The van der Waals surface area contributed by atoms with Crippen molar-refractivity contribution in [3.05, 3.63) is 28.8 Å². The molecule has 1 saturated heterocycles. The maximum absolute atomic E-state index is 12.8. The topological polar surface area (TPSA) is 77.9 Å². The highest BCUT2D eigenvalue weighted by Gasteiger charge is 2.26. The summed E-state index contributed by atoms with van der Waals surface area (Å²) >= 11 is 0. The van der Waals surface area contributed by atoms with Crippen molar-refractivity contribution in [3.8, 4) is 5.75 Å². The van der Waals surface area contributed by atoms with Crippen LogP contribution in [0.5, 0.6) is 5.75 Å². The molecule has 1 fully saturated rings. The van der Waals surface area contributed by atoms with Crippen LogP contribution >= 0.6 is 0 Å². The summed E-state index contributed by atoms with van der Waals surface area (Å²) in [6.45, 7) is 1.58. The van der Waals surface area contributed by atoms with E-state index in [4.69, 9.17) is 0 Å². The zero-order chi connectivity index (χ0) is 17.3. The Kier molecular flexibility index (Phi) is 4.83. The number of aryl methyl sites for hydroxylation is 2. The van der Waals surface area contributed by atoms with Gasteiger partial charge in [0.2, 0.25) is 10.0 Å². The molecular formula is C17H24N2O4S. The molecule has 0 radical (unpaired) electrons. The number of phenolic OH excluding ortho intramolecular Hbond substituents is 1. The molecule has 1 aromatic carbocycles. The van der Waals surface area contributed by atoms with Gasteiger partial charge in [0.25, 0.3) is 5.91 Å². The van der Waals surface area contributed by atoms with Crippen molar-refractivity contribution in [2.45, 2.75) is 32.1 Å². The fourth-order valence-electron chi connectivity index (χ4n) is 3.54. The smallest absolute Gasteiger partial charge is 0.257 e. The fraction of sp³-hybridized carbons (Fsp3) is 0.588. The van der Waals surface area contributed by atoms with Crippen LogP contribution < -0.4 is 0 Å². The Hall–Kier alpha value is -1.60. The lowest BCUT2D eigenvalue weighted by Crippen LogP contribution is -2.37. The highest BCUT2D eigenvalue weighted by Crippen LogP contribution is 2.29. The molecule has 7 heteroatoms. The first-order valence-electron chi connectivity index (χ1n) is 8.45. The van der Waals surface area contributed by atoms with E-state index in [1.807, 2.05) is 6.07 Å². The zero-order valence-corrected chi connectivity index (χ0v) is 14.8. The first-order chi connectivity index (χ1) is 11.4. The highest BCUT2D eigenvalue weighted by atomic mass is 32.2. The lowest BCUT2D eigenvalue weighted by molar-refractivity contribution is 0.0761. The summed E-state index contributed by atoms with van der Waals surface area (Å²) < 4.78 is 24.8. The van der Waals surface area contributed by atoms with E-state index in [0.717, 1.165) is 36.8 Å². The average molecular weight is 352 g/mol. The van der Waals surface area contributed by atoms with Gasteiger partial charge < -0.3 is 10.0 Å². The van der Waals surface area contributed by atoms with Gasteiger partial charge in [-0.15, -0.1) is 0 Å². The van der Waals surface area contributed by atoms with Gasteiger partial charge in [0.05, 0.1) is 11.8 Å². The maximum Gasteiger partial charge on any atom is 0.257 e. The van der Waals surface area contributed by atoms with Gasteiger partial charge in [-0.1, -0.05) is 0 Å². The van der Waals surface area contributed by atoms with Gasteiger partial charge >= 0.3 is 0 Å². The van der Waals surface area contributed by atoms with Gasteiger partial charge in [-0.2, -0.15) is 0 Å². The molecule has 1 aliphatic heterocycles. The Balaban J connectivity index is 1.79. The Morgan fingerprint density at radius 1 is 1.00 bits per heavy atom. The number of amides is 1. The van der Waals surface area contributed by atoms with Crippen LogP contribution in [0.15, 0.2) is 12.1 Å². The van der Waals surface area contributed by atoms with Crippen LogP contribution in [-0.2, 0) is 22.9 Å². The SMILES string of the molecule is CS(=O)(=O)N1CCCN(C(=O)c2cc3c(cc2O)CCCC3)CC1. The number of aromatic hydroxyl groups is 1. The molecule has 1 aliphatic carbocycles. The predicted octanol–water partition coefficient (Wildman–Crippen LogP) is 1.38. The standard InChI is InChI=1S/C17H24N2O4S/c1-24(22,23)19-8-4-7-18(9-10-19)17(21)15-11-13-5-2-3-6-14(13)12-16(15)20/h11-12,20H,2-10H2,1H3. The summed E-state index contributed by atoms with van der Waals surface area (Å²) in [7, 11) is -3.24. The van der Waals surface area contributed by atoms with Crippen LogP contribution in [0, 0.1) is 0 Å². The third-order valence-electron chi connectivity index (χ3n) is 4.90. The highest BCUT2D eigenvalue weighted by molar-refractivity contribution is 7.88. The van der Waals surface area contributed by atoms with E-state index in [1.165, 1.54) is 10.6 Å². The fourth-order valence-corrected chi connectivity index (χ4v) is 4.42. The van der Waals surface area contributed by atoms with E-state index in [2.05, 4.69) is 0 Å². The molecule has 132 valence electrons. The summed E-state index contributed by atoms with van der Waals surface area (Å²) in [6, 6.07) is 3.55. The van der Waals surface area contributed by atoms with Crippen molar-refractivity contribution >= 4 is 15.9 Å². The van der Waals surface area contributed by atoms with E-state index >= 15 is 0 Å². The largest absolute Gasteiger partial charge is 0.507 e. The molecule has 2 aliphatic rings. The number of carbonyl (C=O) groups is 1. The van der Waals surface area contributed by atoms with Crippen molar-refractivity contribution < 1.29 is 18.3 Å². The first kappa shape index (κ1) is 17.2. The van der Waals surface area contributed by atoms with Crippen LogP contribution in [0.1, 0.15) is 40.7 Å². The van der Waals surface area contributed by atoms with E-state index in [-0.39, 0.29) is 11.7 Å². The minimum atomic E-state index is -3.24. The van der Waals surface area contributed by atoms with E-state index < -0.39 is 10.0 Å². The lowest BCUT2D eigenvalue weighted by atomic mass is 9.89. The summed E-state index contributed by atoms with van der Waals surface area (Å²) in [5.74, 6) is -0.180. The molecule has 0 bridgehead atoms. The molecule has 0 atom stereocenters. The third kappa shape index (κ3) is 3.57. The predicted molar refractivity (Wildman–Crippen MR) is 91.7 cm³/mol. The van der Waals surface area contributed by atoms with Crippen LogP contribution in [0.4, 0.5) is 0 Å². The van der Waals surface area contributed by atoms with Gasteiger partial charge in [0, 0.05) is 26.2 Å². The van der Waals surface area contributed by atoms with E-state index in [9.17, 15) is 18.3 Å². The number of benzene rings is 1. The summed E-state index contributed by atoms with van der Waals surface area (Å²) in [5.41, 5.74) is 2.62. The number of sulfonamides is 1. The van der Waals surface area contributed by atoms with Crippen LogP contribution in [0.2, 0.25) is 0 Å². The molecule has 6 nitrogen and oxygen atoms in total. The van der Waals surface area contributed by atoms with Gasteiger partial charge in [0.15, 0.2) is 0 Å². The molecule has 1 N–H and O–H groups in total. The Bertz CT molecular complexity index is 745. The molecular weight excluding hydrogens is 328 g/mol. The Labute approximate surface area is 143 Å². The second kappa shape index (κ2) is 6.72.